The predicted octanol–water partition coefficient (Wildman–Crippen LogP) is 2.24. The molecule has 3 aromatic rings. The standard InChI is InChI=1S/C22H25ClN4O/c23-18-6-5-7-19(16-18)26-14-12-25(13-15-26)10-3-4-11-27-17-24-21-9-2-1-8-20(21)22(27)28/h1-2,5-9,16-17H,3-4,10-15H2/p+1. The van der Waals surface area contributed by atoms with Crippen LogP contribution in [0.25, 0.3) is 10.9 Å². The lowest BCUT2D eigenvalue weighted by atomic mass is 10.2. The molecule has 0 bridgehead atoms. The van der Waals surface area contributed by atoms with Gasteiger partial charge in [-0.3, -0.25) is 9.36 Å². The summed E-state index contributed by atoms with van der Waals surface area (Å²) in [5, 5.41) is 1.50. The van der Waals surface area contributed by atoms with E-state index in [2.05, 4.69) is 16.0 Å². The number of hydrogen-bond donors (Lipinski definition) is 1. The Bertz CT molecular complexity index is 995. The topological polar surface area (TPSA) is 42.6 Å². The van der Waals surface area contributed by atoms with Gasteiger partial charge in [0.05, 0.1) is 50.0 Å². The highest BCUT2D eigenvalue weighted by molar-refractivity contribution is 6.30. The Morgan fingerprint density at radius 1 is 1.04 bits per heavy atom. The van der Waals surface area contributed by atoms with Crippen LogP contribution in [0.3, 0.4) is 0 Å². The fraction of sp³-hybridized carbons (Fsp3) is 0.364. The van der Waals surface area contributed by atoms with Gasteiger partial charge in [-0.1, -0.05) is 29.8 Å². The summed E-state index contributed by atoms with van der Waals surface area (Å²) >= 11 is 6.11. The molecule has 4 rings (SSSR count). The van der Waals surface area contributed by atoms with Crippen LogP contribution in [0.1, 0.15) is 12.8 Å². The van der Waals surface area contributed by atoms with Gasteiger partial charge in [0, 0.05) is 17.3 Å². The highest BCUT2D eigenvalue weighted by Crippen LogP contribution is 2.19. The largest absolute Gasteiger partial charge is 0.360 e. The predicted molar refractivity (Wildman–Crippen MR) is 114 cm³/mol. The minimum Gasteiger partial charge on any atom is -0.360 e. The summed E-state index contributed by atoms with van der Waals surface area (Å²) in [4.78, 5) is 21.0. The van der Waals surface area contributed by atoms with Gasteiger partial charge in [0.2, 0.25) is 0 Å². The number of quaternary nitrogens is 1. The number of hydrogen-bond acceptors (Lipinski definition) is 3. The number of aryl methyl sites for hydroxylation is 1. The van der Waals surface area contributed by atoms with Crippen LogP contribution < -0.4 is 15.4 Å². The van der Waals surface area contributed by atoms with Gasteiger partial charge in [0.25, 0.3) is 5.56 Å². The summed E-state index contributed by atoms with van der Waals surface area (Å²) < 4.78 is 1.74. The van der Waals surface area contributed by atoms with Crippen LogP contribution in [-0.2, 0) is 6.54 Å². The zero-order valence-electron chi connectivity index (χ0n) is 16.0. The number of nitrogens with one attached hydrogen (secondary N) is 1. The van der Waals surface area contributed by atoms with Gasteiger partial charge in [-0.2, -0.15) is 0 Å². The summed E-state index contributed by atoms with van der Waals surface area (Å²) in [7, 11) is 0. The van der Waals surface area contributed by atoms with Crippen LogP contribution >= 0.6 is 11.6 Å². The Kier molecular flexibility index (Phi) is 5.93. The van der Waals surface area contributed by atoms with Crippen LogP contribution in [0.2, 0.25) is 5.02 Å². The normalized spacial score (nSPS) is 15.2. The molecule has 0 radical (unpaired) electrons. The SMILES string of the molecule is O=c1c2ccccc2ncn1CCCC[NH+]1CCN(c2cccc(Cl)c2)CC1. The minimum absolute atomic E-state index is 0.0630. The van der Waals surface area contributed by atoms with E-state index in [0.29, 0.717) is 5.39 Å². The molecule has 1 aromatic heterocycles. The molecule has 146 valence electrons. The van der Waals surface area contributed by atoms with E-state index in [4.69, 9.17) is 11.6 Å². The van der Waals surface area contributed by atoms with E-state index < -0.39 is 0 Å². The highest BCUT2D eigenvalue weighted by Gasteiger charge is 2.19. The molecule has 1 aliphatic rings. The first kappa shape index (κ1) is 19.0. The van der Waals surface area contributed by atoms with Crippen LogP contribution in [-0.4, -0.2) is 42.3 Å². The lowest BCUT2D eigenvalue weighted by molar-refractivity contribution is -0.900. The van der Waals surface area contributed by atoms with Crippen molar-refractivity contribution in [1.29, 1.82) is 0 Å². The van der Waals surface area contributed by atoms with Crippen molar-refractivity contribution in [1.82, 2.24) is 9.55 Å². The number of aromatic nitrogens is 2. The second-order valence-corrected chi connectivity index (χ2v) is 7.87. The van der Waals surface area contributed by atoms with E-state index in [1.54, 1.807) is 15.8 Å². The maximum absolute atomic E-state index is 12.5. The van der Waals surface area contributed by atoms with E-state index in [9.17, 15) is 4.79 Å². The third-order valence-corrected chi connectivity index (χ3v) is 5.79. The Morgan fingerprint density at radius 2 is 1.86 bits per heavy atom. The molecule has 0 saturated carbocycles. The molecule has 28 heavy (non-hydrogen) atoms. The molecule has 0 unspecified atom stereocenters. The first-order valence-electron chi connectivity index (χ1n) is 9.99. The zero-order chi connectivity index (χ0) is 19.3. The monoisotopic (exact) mass is 397 g/mol. The molecule has 5 nitrogen and oxygen atoms in total. The molecular weight excluding hydrogens is 372 g/mol. The Labute approximate surface area is 170 Å². The summed E-state index contributed by atoms with van der Waals surface area (Å²) in [6.45, 7) is 6.29. The molecule has 1 fully saturated rings. The number of nitrogens with zero attached hydrogens (tertiary/aromatic N) is 3. The van der Waals surface area contributed by atoms with Gasteiger partial charge in [0.1, 0.15) is 0 Å². The average Bonchev–Trinajstić information content (AvgIpc) is 2.73. The summed E-state index contributed by atoms with van der Waals surface area (Å²) in [5.41, 5.74) is 2.05. The average molecular weight is 398 g/mol. The van der Waals surface area contributed by atoms with E-state index in [-0.39, 0.29) is 5.56 Å². The van der Waals surface area contributed by atoms with E-state index in [1.165, 1.54) is 5.69 Å². The van der Waals surface area contributed by atoms with Crippen LogP contribution in [0.5, 0.6) is 0 Å². The van der Waals surface area contributed by atoms with E-state index >= 15 is 0 Å². The fourth-order valence-corrected chi connectivity index (χ4v) is 4.11. The third kappa shape index (κ3) is 4.37. The quantitative estimate of drug-likeness (QED) is 0.649. The van der Waals surface area contributed by atoms with Crippen molar-refractivity contribution in [2.75, 3.05) is 37.6 Å². The molecule has 2 aromatic carbocycles. The maximum atomic E-state index is 12.5. The number of piperazine rings is 1. The number of unbranched alkanes of at least 4 members (excludes halogenated alkanes) is 1. The van der Waals surface area contributed by atoms with Crippen LogP contribution in [0.4, 0.5) is 5.69 Å². The van der Waals surface area contributed by atoms with Crippen molar-refractivity contribution < 1.29 is 4.90 Å². The lowest BCUT2D eigenvalue weighted by Gasteiger charge is -2.33. The summed E-state index contributed by atoms with van der Waals surface area (Å²) in [5.74, 6) is 0. The number of anilines is 1. The Balaban J connectivity index is 1.23. The van der Waals surface area contributed by atoms with Crippen LogP contribution in [0, 0.1) is 0 Å². The van der Waals surface area contributed by atoms with Gasteiger partial charge in [-0.15, -0.1) is 0 Å². The molecule has 1 aliphatic heterocycles. The molecule has 1 saturated heterocycles. The smallest absolute Gasteiger partial charge is 0.261 e. The summed E-state index contributed by atoms with van der Waals surface area (Å²) in [6, 6.07) is 15.6. The van der Waals surface area contributed by atoms with Crippen molar-refractivity contribution in [2.24, 2.45) is 0 Å². The van der Waals surface area contributed by atoms with Crippen molar-refractivity contribution in [3.05, 3.63) is 70.2 Å². The van der Waals surface area contributed by atoms with Gasteiger partial charge in [-0.05, 0) is 43.2 Å². The number of para-hydroxylation sites is 1. The number of halogens is 1. The fourth-order valence-electron chi connectivity index (χ4n) is 3.93. The molecule has 0 aliphatic carbocycles. The van der Waals surface area contributed by atoms with Crippen molar-refractivity contribution in [3.8, 4) is 0 Å². The Hall–Kier alpha value is -2.37. The van der Waals surface area contributed by atoms with Crippen molar-refractivity contribution in [2.45, 2.75) is 19.4 Å². The Morgan fingerprint density at radius 3 is 2.68 bits per heavy atom. The first-order chi connectivity index (χ1) is 13.7. The van der Waals surface area contributed by atoms with Gasteiger partial charge in [0.15, 0.2) is 0 Å². The summed E-state index contributed by atoms with van der Waals surface area (Å²) in [6.07, 6.45) is 3.80. The van der Waals surface area contributed by atoms with Crippen LogP contribution in [0.15, 0.2) is 59.7 Å². The molecular formula is C22H26ClN4O+. The zero-order valence-corrected chi connectivity index (χ0v) is 16.7. The molecule has 2 heterocycles. The lowest BCUT2D eigenvalue weighted by Crippen LogP contribution is -3.14. The second-order valence-electron chi connectivity index (χ2n) is 7.43. The number of rotatable bonds is 6. The maximum Gasteiger partial charge on any atom is 0.261 e. The van der Waals surface area contributed by atoms with Gasteiger partial charge < -0.3 is 9.80 Å². The molecule has 0 amide bonds. The van der Waals surface area contributed by atoms with Crippen molar-refractivity contribution in [3.63, 3.8) is 0 Å². The molecule has 0 atom stereocenters. The van der Waals surface area contributed by atoms with Crippen molar-refractivity contribution >= 4 is 28.2 Å². The number of fused-ring (bicyclic) bond motifs is 1. The first-order valence-corrected chi connectivity index (χ1v) is 10.4. The van der Waals surface area contributed by atoms with Gasteiger partial charge in [-0.25, -0.2) is 4.98 Å². The second kappa shape index (κ2) is 8.76. The highest BCUT2D eigenvalue weighted by atomic mass is 35.5. The molecule has 1 N–H and O–H groups in total. The third-order valence-electron chi connectivity index (χ3n) is 5.55. The van der Waals surface area contributed by atoms with Gasteiger partial charge >= 0.3 is 0 Å². The molecule has 6 heteroatoms. The molecule has 0 spiro atoms. The minimum atomic E-state index is 0.0630. The van der Waals surface area contributed by atoms with E-state index in [0.717, 1.165) is 62.6 Å². The number of benzene rings is 2. The van der Waals surface area contributed by atoms with E-state index in [1.807, 2.05) is 42.5 Å².